The van der Waals surface area contributed by atoms with Crippen molar-refractivity contribution in [1.82, 2.24) is 24.9 Å². The Bertz CT molecular complexity index is 4920. The maximum absolute atomic E-state index is 10.0. The van der Waals surface area contributed by atoms with Crippen LogP contribution in [0.3, 0.4) is 0 Å². The maximum atomic E-state index is 10.0. The molecule has 521 valence electrons. The van der Waals surface area contributed by atoms with E-state index in [0.29, 0.717) is 0 Å². The third-order valence-electron chi connectivity index (χ3n) is 15.0. The second-order valence-corrected chi connectivity index (χ2v) is 22.2. The molecule has 0 saturated carbocycles. The van der Waals surface area contributed by atoms with Crippen LogP contribution in [0.25, 0.3) is 121 Å². The zero-order valence-electron chi connectivity index (χ0n) is 56.3. The molecule has 0 amide bonds. The molecule has 1 N–H and O–H groups in total. The van der Waals surface area contributed by atoms with Crippen LogP contribution in [-0.2, 0) is 85.2 Å². The maximum Gasteiger partial charge on any atom is 3.00 e. The van der Waals surface area contributed by atoms with Crippen LogP contribution in [0.15, 0.2) is 376 Å². The van der Waals surface area contributed by atoms with Gasteiger partial charge in [0.25, 0.3) is 0 Å². The molecule has 0 bridgehead atoms. The number of pyridine rings is 5. The first-order valence-corrected chi connectivity index (χ1v) is 32.1. The molecule has 5 aromatic heterocycles. The van der Waals surface area contributed by atoms with Crippen molar-refractivity contribution in [2.75, 3.05) is 0 Å². The van der Waals surface area contributed by atoms with Crippen LogP contribution in [0.1, 0.15) is 13.8 Å². The van der Waals surface area contributed by atoms with Crippen molar-refractivity contribution in [2.24, 2.45) is 0 Å². The third-order valence-corrected chi connectivity index (χ3v) is 15.0. The van der Waals surface area contributed by atoms with E-state index in [1.54, 1.807) is 18.6 Å². The van der Waals surface area contributed by atoms with Gasteiger partial charge in [0.1, 0.15) is 0 Å². The van der Waals surface area contributed by atoms with Gasteiger partial charge in [-0.25, -0.2) is 0 Å². The number of fused-ring (bicyclic) bond motifs is 5. The van der Waals surface area contributed by atoms with Gasteiger partial charge in [-0.3, -0.25) is 24.7 Å². The number of aliphatic hydroxyl groups excluding tert-OH is 1. The Kier molecular flexibility index (Phi) is 35.1. The number of allylic oxidation sites excluding steroid dienone is 8. The largest absolute Gasteiger partial charge is 3.00 e. The fourth-order valence-corrected chi connectivity index (χ4v) is 10.2. The second-order valence-electron chi connectivity index (χ2n) is 22.2. The normalized spacial score (nSPS) is 11.8. The number of hydrogen-bond acceptors (Lipinski definition) is 7. The molecule has 2 aliphatic rings. The van der Waals surface area contributed by atoms with E-state index in [1.807, 2.05) is 255 Å². The van der Waals surface area contributed by atoms with E-state index in [0.717, 1.165) is 95.1 Å². The van der Waals surface area contributed by atoms with Gasteiger partial charge in [-0.05, 0) is 94.2 Å². The van der Waals surface area contributed by atoms with Crippen molar-refractivity contribution in [1.29, 1.82) is 0 Å². The van der Waals surface area contributed by atoms with Crippen molar-refractivity contribution in [3.63, 3.8) is 0 Å². The van der Waals surface area contributed by atoms with Gasteiger partial charge in [-0.15, -0.1) is 185 Å². The number of rotatable bonds is 6. The van der Waals surface area contributed by atoms with E-state index in [1.165, 1.54) is 46.9 Å². The fraction of sp³-hybridized carbons (Fsp3) is 0.0222. The van der Waals surface area contributed by atoms with Crippen LogP contribution in [0.2, 0.25) is 0 Å². The quantitative estimate of drug-likeness (QED) is 0.0997. The van der Waals surface area contributed by atoms with Crippen LogP contribution < -0.4 is 0 Å². The minimum atomic E-state index is -0.125. The van der Waals surface area contributed by atoms with E-state index in [-0.39, 0.29) is 104 Å². The number of benzene rings is 10. The summed E-state index contributed by atoms with van der Waals surface area (Å²) in [7, 11) is 0. The topological polar surface area (TPSA) is 130 Å². The smallest absolute Gasteiger partial charge is 0.665 e. The fourth-order valence-electron chi connectivity index (χ4n) is 10.2. The number of para-hydroxylation sites is 4. The van der Waals surface area contributed by atoms with Gasteiger partial charge >= 0.3 is 20.1 Å². The van der Waals surface area contributed by atoms with E-state index in [9.17, 15) is 4.79 Å². The average molecular weight is 2080 g/mol. The molecule has 7 heterocycles. The zero-order chi connectivity index (χ0) is 68.1. The Morgan fingerprint density at radius 1 is 0.356 bits per heavy atom. The molecule has 10 aromatic carbocycles. The Morgan fingerprint density at radius 2 is 0.683 bits per heavy atom. The number of ketones is 1. The Hall–Kier alpha value is -10.4. The van der Waals surface area contributed by atoms with Crippen molar-refractivity contribution in [2.45, 2.75) is 13.8 Å². The Balaban J connectivity index is 0.000000192. The number of carbonyl (C=O) groups is 1. The number of aromatic nitrogens is 5. The monoisotopic (exact) mass is 2080 g/mol. The molecule has 15 aromatic rings. The summed E-state index contributed by atoms with van der Waals surface area (Å²) in [5.41, 5.74) is 16.0. The minimum Gasteiger partial charge on any atom is -0.665 e. The van der Waals surface area contributed by atoms with Crippen LogP contribution in [0.5, 0.6) is 0 Å². The van der Waals surface area contributed by atoms with Crippen molar-refractivity contribution in [3.05, 3.63) is 416 Å². The predicted octanol–water partition coefficient (Wildman–Crippen LogP) is 23.1. The third kappa shape index (κ3) is 25.0. The molecule has 0 aliphatic carbocycles. The van der Waals surface area contributed by atoms with Gasteiger partial charge in [-0.2, -0.15) is 23.8 Å². The number of hydrogen-bond donors (Lipinski definition) is 1. The molecule has 0 atom stereocenters. The van der Waals surface area contributed by atoms with Crippen LogP contribution in [-0.4, -0.2) is 35.8 Å². The number of carbonyl (C=O) groups excluding carboxylic acids is 1. The van der Waals surface area contributed by atoms with Crippen LogP contribution >= 0.6 is 12.4 Å². The number of nitrogens with zero attached hydrogens (tertiary/aromatic N) is 7. The Labute approximate surface area is 668 Å². The van der Waals surface area contributed by atoms with E-state index in [2.05, 4.69) is 140 Å². The summed E-state index contributed by atoms with van der Waals surface area (Å²) in [6.45, 7) is 2.85. The van der Waals surface area contributed by atoms with E-state index in [4.69, 9.17) is 10.1 Å². The first kappa shape index (κ1) is 82.6. The summed E-state index contributed by atoms with van der Waals surface area (Å²) in [5.74, 6) is -0.0625. The first-order chi connectivity index (χ1) is 48.8. The molecule has 17 rings (SSSR count). The molecule has 0 unspecified atom stereocenters. The molecule has 0 fully saturated rings. The average Bonchev–Trinajstić information content (AvgIpc) is 0.819. The number of aliphatic hydroxyl groups is 1. The minimum absolute atomic E-state index is 0. The van der Waals surface area contributed by atoms with Crippen LogP contribution in [0, 0.1) is 30.3 Å². The molecule has 0 saturated heterocycles. The summed E-state index contributed by atoms with van der Waals surface area (Å²) in [6.07, 6.45) is 18.1. The van der Waals surface area contributed by atoms with Crippen molar-refractivity contribution in [3.8, 4) is 56.3 Å². The van der Waals surface area contributed by atoms with Gasteiger partial charge in [0.2, 0.25) is 0 Å². The molecule has 9 nitrogen and oxygen atoms in total. The molecule has 3 radical (unpaired) electrons. The number of halogens is 1. The molecular weight excluding hydrogens is 2020 g/mol. The zero-order valence-corrected chi connectivity index (χ0v) is 66.7. The molecule has 14 heteroatoms. The SMILES string of the molecule is C1=C[N-]C(=C2C=CC=C[N-]2)C=C1.CC(=O)C=C(C)O.Cl.[Ir+3].[Ir].[Ir].[Ir].[c-]1cc2ccccc2cc1-c1ccc2ccccc2n1.[c-]1ccccc1-c1ccc2ccccc2n1.[c-]1ccccc1-c1ccc2ccccc2n1.[c-]1ccccc1-c1ccc2ccccc2n1.[c-]1ccccc1-c1ccccn1. The van der Waals surface area contributed by atoms with E-state index >= 15 is 0 Å². The van der Waals surface area contributed by atoms with Crippen molar-refractivity contribution < 1.29 is 90.3 Å². The van der Waals surface area contributed by atoms with Gasteiger partial charge in [-0.1, -0.05) is 200 Å². The van der Waals surface area contributed by atoms with Gasteiger partial charge < -0.3 is 20.7 Å². The second kappa shape index (κ2) is 44.2. The summed E-state index contributed by atoms with van der Waals surface area (Å²) >= 11 is 0. The molecule has 2 aliphatic heterocycles. The van der Waals surface area contributed by atoms with Crippen LogP contribution in [0.4, 0.5) is 0 Å². The summed E-state index contributed by atoms with van der Waals surface area (Å²) in [5, 5.41) is 23.8. The summed E-state index contributed by atoms with van der Waals surface area (Å²) in [4.78, 5) is 32.8. The first-order valence-electron chi connectivity index (χ1n) is 32.1. The van der Waals surface area contributed by atoms with Crippen molar-refractivity contribution >= 4 is 72.6 Å². The molecular formula is C90H67ClIr4N7O2-4. The summed E-state index contributed by atoms with van der Waals surface area (Å²) in [6, 6.07) is 115. The standard InChI is InChI=1S/C19H12N.3C15H10N.C11H8N.C10H8N2.C5H8O2.ClH.4Ir/c1-2-7-16-13-17(10-9-14(16)5-1)19-12-11-15-6-3-4-8-18(15)20-19;3*1-2-6-12(7-3-1)15-11-10-13-8-4-5-9-14(13)16-15;1-2-6-10(7-3-1)11-8-4-5-9-12-11;1-3-7-11-9(5-1)10-6-2-4-8-12-10;1-4(6)3-5(2)7;;;;;/h1-9,11-13H;3*1-6,8-11H;1-6,8-9H;1-8H;3,6H,1-2H3;1H;;;;/q5*-1;-2;;;;;;+3. The molecule has 104 heavy (non-hydrogen) atoms. The predicted molar refractivity (Wildman–Crippen MR) is 415 cm³/mol. The van der Waals surface area contributed by atoms with Gasteiger partial charge in [0.15, 0.2) is 5.78 Å². The molecule has 0 spiro atoms. The summed E-state index contributed by atoms with van der Waals surface area (Å²) < 4.78 is 0. The van der Waals surface area contributed by atoms with Gasteiger partial charge in [0.05, 0.1) is 27.8 Å². The van der Waals surface area contributed by atoms with E-state index < -0.39 is 0 Å². The van der Waals surface area contributed by atoms with Gasteiger partial charge in [0, 0.05) is 72.6 Å². The Morgan fingerprint density at radius 3 is 0.990 bits per heavy atom.